The van der Waals surface area contributed by atoms with Crippen LogP contribution < -0.4 is 0 Å². The Morgan fingerprint density at radius 3 is 3.06 bits per heavy atom. The molecular weight excluding hydrogens is 272 g/mol. The quantitative estimate of drug-likeness (QED) is 0.796. The van der Waals surface area contributed by atoms with Gasteiger partial charge in [0.1, 0.15) is 5.65 Å². The molecule has 16 heavy (non-hydrogen) atoms. The summed E-state index contributed by atoms with van der Waals surface area (Å²) in [6, 6.07) is 1.96. The van der Waals surface area contributed by atoms with Crippen LogP contribution in [0.4, 0.5) is 0 Å². The smallest absolute Gasteiger partial charge is 0.356 e. The molecule has 4 nitrogen and oxygen atoms in total. The number of aryl methyl sites for hydroxylation is 1. The second kappa shape index (κ2) is 4.25. The van der Waals surface area contributed by atoms with Gasteiger partial charge in [-0.1, -0.05) is 0 Å². The highest BCUT2D eigenvalue weighted by Crippen LogP contribution is 2.18. The summed E-state index contributed by atoms with van der Waals surface area (Å²) < 4.78 is 7.60. The van der Waals surface area contributed by atoms with Crippen LogP contribution in [0, 0.1) is 6.92 Å². The molecule has 2 rings (SSSR count). The lowest BCUT2D eigenvalue weighted by Gasteiger charge is -2.03. The topological polar surface area (TPSA) is 43.6 Å². The Labute approximate surface area is 101 Å². The van der Waals surface area contributed by atoms with Crippen LogP contribution in [0.2, 0.25) is 0 Å². The number of carbonyl (C=O) groups excluding carboxylic acids is 1. The van der Waals surface area contributed by atoms with E-state index in [0.29, 0.717) is 12.3 Å². The molecule has 0 aromatic carbocycles. The van der Waals surface area contributed by atoms with E-state index in [1.54, 1.807) is 11.3 Å². The van der Waals surface area contributed by atoms with Crippen LogP contribution in [0.3, 0.4) is 0 Å². The Morgan fingerprint density at radius 2 is 2.38 bits per heavy atom. The maximum Gasteiger partial charge on any atom is 0.356 e. The van der Waals surface area contributed by atoms with Crippen LogP contribution in [0.1, 0.15) is 23.0 Å². The number of rotatable bonds is 2. The van der Waals surface area contributed by atoms with Gasteiger partial charge in [0.15, 0.2) is 5.69 Å². The van der Waals surface area contributed by atoms with Gasteiger partial charge in [-0.3, -0.25) is 4.40 Å². The van der Waals surface area contributed by atoms with E-state index in [1.165, 1.54) is 6.20 Å². The Balaban J connectivity index is 2.60. The largest absolute Gasteiger partial charge is 0.461 e. The second-order valence-corrected chi connectivity index (χ2v) is 4.31. The van der Waals surface area contributed by atoms with Crippen molar-refractivity contribution in [2.24, 2.45) is 0 Å². The summed E-state index contributed by atoms with van der Waals surface area (Å²) in [5, 5.41) is 0. The fraction of sp³-hybridized carbons (Fsp3) is 0.273. The maximum absolute atomic E-state index is 11.6. The molecule has 0 unspecified atom stereocenters. The fourth-order valence-corrected chi connectivity index (χ4v) is 2.12. The van der Waals surface area contributed by atoms with Gasteiger partial charge in [0.05, 0.1) is 12.8 Å². The Morgan fingerprint density at radius 1 is 1.62 bits per heavy atom. The van der Waals surface area contributed by atoms with Gasteiger partial charge >= 0.3 is 5.97 Å². The van der Waals surface area contributed by atoms with Crippen molar-refractivity contribution in [1.82, 2.24) is 9.38 Å². The molecule has 0 saturated heterocycles. The monoisotopic (exact) mass is 282 g/mol. The number of pyridine rings is 1. The summed E-state index contributed by atoms with van der Waals surface area (Å²) >= 11 is 3.39. The number of hydrogen-bond acceptors (Lipinski definition) is 3. The first kappa shape index (κ1) is 11.1. The summed E-state index contributed by atoms with van der Waals surface area (Å²) in [6.45, 7) is 4.09. The van der Waals surface area contributed by atoms with Crippen molar-refractivity contribution in [1.29, 1.82) is 0 Å². The summed E-state index contributed by atoms with van der Waals surface area (Å²) in [4.78, 5) is 15.8. The van der Waals surface area contributed by atoms with Gasteiger partial charge < -0.3 is 4.74 Å². The van der Waals surface area contributed by atoms with E-state index in [2.05, 4.69) is 20.9 Å². The zero-order valence-corrected chi connectivity index (χ0v) is 10.6. The first-order valence-electron chi connectivity index (χ1n) is 4.93. The summed E-state index contributed by atoms with van der Waals surface area (Å²) in [7, 11) is 0. The highest BCUT2D eigenvalue weighted by atomic mass is 79.9. The van der Waals surface area contributed by atoms with Crippen molar-refractivity contribution in [2.75, 3.05) is 6.61 Å². The third-order valence-electron chi connectivity index (χ3n) is 2.24. The highest BCUT2D eigenvalue weighted by molar-refractivity contribution is 9.10. The SMILES string of the molecule is CCOC(=O)c1cnc2c(C)cc(Br)cn12. The van der Waals surface area contributed by atoms with Gasteiger partial charge in [-0.2, -0.15) is 0 Å². The van der Waals surface area contributed by atoms with E-state index in [9.17, 15) is 4.79 Å². The number of esters is 1. The van der Waals surface area contributed by atoms with E-state index in [4.69, 9.17) is 4.74 Å². The molecule has 0 radical (unpaired) electrons. The number of ether oxygens (including phenoxy) is 1. The number of halogens is 1. The molecule has 0 aliphatic heterocycles. The Hall–Kier alpha value is -1.36. The van der Waals surface area contributed by atoms with Crippen LogP contribution in [0.15, 0.2) is 22.9 Å². The normalized spacial score (nSPS) is 10.7. The molecule has 0 atom stereocenters. The number of imidazole rings is 1. The highest BCUT2D eigenvalue weighted by Gasteiger charge is 2.14. The van der Waals surface area contributed by atoms with Crippen LogP contribution in [-0.4, -0.2) is 22.0 Å². The van der Waals surface area contributed by atoms with Crippen molar-refractivity contribution in [3.8, 4) is 0 Å². The first-order valence-corrected chi connectivity index (χ1v) is 5.73. The Bertz CT molecular complexity index is 548. The molecule has 0 fully saturated rings. The lowest BCUT2D eigenvalue weighted by molar-refractivity contribution is 0.0518. The van der Waals surface area contributed by atoms with Crippen LogP contribution in [0.25, 0.3) is 5.65 Å². The lowest BCUT2D eigenvalue weighted by Crippen LogP contribution is -2.08. The zero-order valence-electron chi connectivity index (χ0n) is 9.03. The molecular formula is C11H11BrN2O2. The van der Waals surface area contributed by atoms with E-state index in [1.807, 2.05) is 19.2 Å². The van der Waals surface area contributed by atoms with Crippen LogP contribution >= 0.6 is 15.9 Å². The van der Waals surface area contributed by atoms with Crippen molar-refractivity contribution in [3.63, 3.8) is 0 Å². The average molecular weight is 283 g/mol. The molecule has 5 heteroatoms. The predicted molar refractivity (Wildman–Crippen MR) is 63.6 cm³/mol. The first-order chi connectivity index (χ1) is 7.63. The number of fused-ring (bicyclic) bond motifs is 1. The van der Waals surface area contributed by atoms with Gasteiger partial charge in [0.2, 0.25) is 0 Å². The number of nitrogens with zero attached hydrogens (tertiary/aromatic N) is 2. The van der Waals surface area contributed by atoms with Crippen molar-refractivity contribution in [2.45, 2.75) is 13.8 Å². The molecule has 2 aromatic rings. The third kappa shape index (κ3) is 1.82. The van der Waals surface area contributed by atoms with E-state index in [-0.39, 0.29) is 5.97 Å². The fourth-order valence-electron chi connectivity index (χ4n) is 1.57. The molecule has 0 N–H and O–H groups in total. The number of aromatic nitrogens is 2. The van der Waals surface area contributed by atoms with Crippen LogP contribution in [0.5, 0.6) is 0 Å². The van der Waals surface area contributed by atoms with E-state index < -0.39 is 0 Å². The lowest BCUT2D eigenvalue weighted by atomic mass is 10.3. The summed E-state index contributed by atoms with van der Waals surface area (Å²) in [6.07, 6.45) is 3.34. The number of carbonyl (C=O) groups is 1. The summed E-state index contributed by atoms with van der Waals surface area (Å²) in [5.41, 5.74) is 2.22. The number of hydrogen-bond donors (Lipinski definition) is 0. The molecule has 0 saturated carbocycles. The molecule has 0 aliphatic carbocycles. The predicted octanol–water partition coefficient (Wildman–Crippen LogP) is 2.58. The van der Waals surface area contributed by atoms with Gasteiger partial charge in [0.25, 0.3) is 0 Å². The minimum atomic E-state index is -0.354. The van der Waals surface area contributed by atoms with Gasteiger partial charge in [-0.25, -0.2) is 9.78 Å². The Kier molecular flexibility index (Phi) is 2.96. The van der Waals surface area contributed by atoms with E-state index in [0.717, 1.165) is 15.7 Å². The molecule has 0 bridgehead atoms. The average Bonchev–Trinajstić information content (AvgIpc) is 2.61. The second-order valence-electron chi connectivity index (χ2n) is 3.40. The van der Waals surface area contributed by atoms with Crippen molar-refractivity contribution < 1.29 is 9.53 Å². The van der Waals surface area contributed by atoms with Crippen LogP contribution in [-0.2, 0) is 4.74 Å². The van der Waals surface area contributed by atoms with Crippen molar-refractivity contribution >= 4 is 27.5 Å². The van der Waals surface area contributed by atoms with Crippen molar-refractivity contribution in [3.05, 3.63) is 34.2 Å². The molecule has 0 amide bonds. The zero-order chi connectivity index (χ0) is 11.7. The minimum Gasteiger partial charge on any atom is -0.461 e. The molecule has 2 heterocycles. The molecule has 84 valence electrons. The molecule has 2 aromatic heterocycles. The molecule has 0 spiro atoms. The van der Waals surface area contributed by atoms with Gasteiger partial charge in [-0.05, 0) is 41.4 Å². The third-order valence-corrected chi connectivity index (χ3v) is 2.67. The minimum absolute atomic E-state index is 0.354. The van der Waals surface area contributed by atoms with Gasteiger partial charge in [-0.15, -0.1) is 0 Å². The summed E-state index contributed by atoms with van der Waals surface area (Å²) in [5.74, 6) is -0.354. The van der Waals surface area contributed by atoms with E-state index >= 15 is 0 Å². The van der Waals surface area contributed by atoms with Gasteiger partial charge in [0, 0.05) is 10.7 Å². The standard InChI is InChI=1S/C11H11BrN2O2/c1-3-16-11(15)9-5-13-10-7(2)4-8(12)6-14(9)10/h4-6H,3H2,1-2H3. The molecule has 0 aliphatic rings. The maximum atomic E-state index is 11.6.